The van der Waals surface area contributed by atoms with Gasteiger partial charge in [-0.2, -0.15) is 0 Å². The summed E-state index contributed by atoms with van der Waals surface area (Å²) in [4.78, 5) is 24.6. The summed E-state index contributed by atoms with van der Waals surface area (Å²) in [5.41, 5.74) is 0.329. The molecule has 1 aliphatic heterocycles. The van der Waals surface area contributed by atoms with Crippen LogP contribution in [-0.4, -0.2) is 36.0 Å². The number of anilines is 1. The van der Waals surface area contributed by atoms with Crippen LogP contribution in [0.25, 0.3) is 0 Å². The van der Waals surface area contributed by atoms with Gasteiger partial charge in [-0.3, -0.25) is 9.59 Å². The van der Waals surface area contributed by atoms with E-state index in [4.69, 9.17) is 0 Å². The number of nitrogens with one attached hydrogen (secondary N) is 2. The Balaban J connectivity index is 1.61. The fourth-order valence-electron chi connectivity index (χ4n) is 2.81. The van der Waals surface area contributed by atoms with Crippen LogP contribution in [0.3, 0.4) is 0 Å². The van der Waals surface area contributed by atoms with E-state index in [0.717, 1.165) is 19.2 Å². The lowest BCUT2D eigenvalue weighted by atomic mass is 10.1. The van der Waals surface area contributed by atoms with E-state index in [2.05, 4.69) is 15.4 Å². The number of carbonyl (C=O) groups excluding carboxylic acids is 2. The van der Waals surface area contributed by atoms with E-state index in [1.54, 1.807) is 18.2 Å². The highest BCUT2D eigenvalue weighted by molar-refractivity contribution is 8.00. The summed E-state index contributed by atoms with van der Waals surface area (Å²) >= 11 is 1.23. The van der Waals surface area contributed by atoms with Crippen LogP contribution >= 0.6 is 11.8 Å². The van der Waals surface area contributed by atoms with Gasteiger partial charge in [0, 0.05) is 23.6 Å². The molecule has 3 rings (SSSR count). The zero-order valence-corrected chi connectivity index (χ0v) is 15.6. The molecule has 2 amide bonds. The van der Waals surface area contributed by atoms with Gasteiger partial charge in [0.2, 0.25) is 11.8 Å². The second kappa shape index (κ2) is 8.55. The normalized spacial score (nSPS) is 19.1. The molecule has 1 saturated heterocycles. The molecule has 9 heteroatoms. The molecule has 5 nitrogen and oxygen atoms in total. The number of amides is 2. The summed E-state index contributed by atoms with van der Waals surface area (Å²) in [7, 11) is 1.13. The number of carbonyl (C=O) groups is 2. The highest BCUT2D eigenvalue weighted by Gasteiger charge is 2.33. The van der Waals surface area contributed by atoms with Gasteiger partial charge in [0.25, 0.3) is 0 Å². The molecule has 2 aromatic rings. The van der Waals surface area contributed by atoms with Crippen molar-refractivity contribution in [1.29, 1.82) is 0 Å². The van der Waals surface area contributed by atoms with Crippen molar-refractivity contribution in [3.05, 3.63) is 59.4 Å². The topological polar surface area (TPSA) is 67.4 Å². The van der Waals surface area contributed by atoms with Gasteiger partial charge in [0.15, 0.2) is 17.4 Å². The minimum Gasteiger partial charge on any atom is -0.491 e. The number of ether oxygens (including phenoxy) is 1. The van der Waals surface area contributed by atoms with Gasteiger partial charge >= 0.3 is 0 Å². The molecule has 0 aromatic heterocycles. The van der Waals surface area contributed by atoms with Crippen molar-refractivity contribution in [3.8, 4) is 5.75 Å². The maximum atomic E-state index is 13.8. The van der Waals surface area contributed by atoms with E-state index >= 15 is 0 Å². The summed E-state index contributed by atoms with van der Waals surface area (Å²) in [6, 6.07) is 7.17. The Morgan fingerprint density at radius 2 is 1.89 bits per heavy atom. The molecule has 28 heavy (non-hydrogen) atoms. The zero-order chi connectivity index (χ0) is 20.3. The quantitative estimate of drug-likeness (QED) is 0.796. The average Bonchev–Trinajstić information content (AvgIpc) is 2.64. The third-order valence-electron chi connectivity index (χ3n) is 4.22. The van der Waals surface area contributed by atoms with Crippen LogP contribution in [-0.2, 0) is 16.0 Å². The van der Waals surface area contributed by atoms with E-state index in [1.807, 2.05) is 0 Å². The molecule has 0 aliphatic carbocycles. The molecule has 2 aromatic carbocycles. The van der Waals surface area contributed by atoms with Crippen LogP contribution in [0, 0.1) is 17.5 Å². The first-order valence-electron chi connectivity index (χ1n) is 8.38. The van der Waals surface area contributed by atoms with Crippen molar-refractivity contribution in [1.82, 2.24) is 5.32 Å². The Morgan fingerprint density at radius 1 is 1.21 bits per heavy atom. The summed E-state index contributed by atoms with van der Waals surface area (Å²) < 4.78 is 45.8. The van der Waals surface area contributed by atoms with Crippen molar-refractivity contribution >= 4 is 29.3 Å². The third-order valence-corrected chi connectivity index (χ3v) is 5.53. The fourth-order valence-corrected chi connectivity index (χ4v) is 3.98. The molecule has 1 heterocycles. The lowest BCUT2D eigenvalue weighted by Crippen LogP contribution is -2.52. The second-order valence-corrected chi connectivity index (χ2v) is 7.38. The van der Waals surface area contributed by atoms with Gasteiger partial charge in [-0.1, -0.05) is 18.2 Å². The number of benzene rings is 2. The predicted octanol–water partition coefficient (Wildman–Crippen LogP) is 2.89. The second-order valence-electron chi connectivity index (χ2n) is 6.14. The average molecular weight is 410 g/mol. The summed E-state index contributed by atoms with van der Waals surface area (Å²) in [5, 5.41) is 4.42. The van der Waals surface area contributed by atoms with Gasteiger partial charge in [-0.25, -0.2) is 13.2 Å². The van der Waals surface area contributed by atoms with Crippen LogP contribution in [0.5, 0.6) is 5.75 Å². The summed E-state index contributed by atoms with van der Waals surface area (Å²) in [6.45, 7) is 0. The van der Waals surface area contributed by atoms with Gasteiger partial charge in [0.05, 0.1) is 12.4 Å². The van der Waals surface area contributed by atoms with E-state index in [1.165, 1.54) is 17.8 Å². The van der Waals surface area contributed by atoms with Gasteiger partial charge in [0.1, 0.15) is 11.9 Å². The van der Waals surface area contributed by atoms with Crippen LogP contribution < -0.4 is 15.4 Å². The third kappa shape index (κ3) is 4.41. The van der Waals surface area contributed by atoms with Crippen LogP contribution in [0.2, 0.25) is 0 Å². The summed E-state index contributed by atoms with van der Waals surface area (Å²) in [6.07, 6.45) is 0.201. The number of methoxy groups -OCH3 is 1. The van der Waals surface area contributed by atoms with Gasteiger partial charge in [-0.05, 0) is 18.1 Å². The Labute approximate surface area is 163 Å². The molecular formula is C19H17F3N2O3S. The molecule has 0 radical (unpaired) electrons. The molecule has 2 N–H and O–H groups in total. The first kappa shape index (κ1) is 20.1. The molecular weight excluding hydrogens is 393 g/mol. The molecule has 148 valence electrons. The predicted molar refractivity (Wildman–Crippen MR) is 99.8 cm³/mol. The van der Waals surface area contributed by atoms with Crippen molar-refractivity contribution in [2.45, 2.75) is 17.7 Å². The largest absolute Gasteiger partial charge is 0.491 e. The van der Waals surface area contributed by atoms with Crippen LogP contribution in [0.4, 0.5) is 18.9 Å². The Hall–Kier alpha value is -2.68. The maximum absolute atomic E-state index is 13.8. The Bertz CT molecular complexity index is 887. The van der Waals surface area contributed by atoms with E-state index in [0.29, 0.717) is 5.56 Å². The minimum atomic E-state index is -0.954. The number of thioether (sulfide) groups is 1. The number of halogens is 3. The molecule has 2 atom stereocenters. The highest BCUT2D eigenvalue weighted by Crippen LogP contribution is 2.27. The van der Waals surface area contributed by atoms with Crippen molar-refractivity contribution in [2.75, 3.05) is 18.2 Å². The molecule has 0 bridgehead atoms. The Kier molecular flexibility index (Phi) is 6.13. The monoisotopic (exact) mass is 410 g/mol. The molecule has 0 spiro atoms. The molecule has 1 fully saturated rings. The minimum absolute atomic E-state index is 0.0893. The van der Waals surface area contributed by atoms with Crippen molar-refractivity contribution < 1.29 is 27.5 Å². The van der Waals surface area contributed by atoms with E-state index in [-0.39, 0.29) is 23.7 Å². The molecule has 1 aliphatic rings. The number of hydrogen-bond donors (Lipinski definition) is 2. The fraction of sp³-hybridized carbons (Fsp3) is 0.263. The Morgan fingerprint density at radius 3 is 2.50 bits per heavy atom. The molecule has 0 unspecified atom stereocenters. The summed E-state index contributed by atoms with van der Waals surface area (Å²) in [5.74, 6) is -3.59. The van der Waals surface area contributed by atoms with E-state index in [9.17, 15) is 22.8 Å². The lowest BCUT2D eigenvalue weighted by Gasteiger charge is -2.28. The number of rotatable bonds is 5. The standard InChI is InChI=1S/C19H17F3N2O3S/c1-27-17-13(21)7-11(8-14(17)22)23-18(25)15-9-28-16(19(26)24-15)6-10-4-2-3-5-12(10)20/h2-5,7-8,15-16H,6,9H2,1H3,(H,23,25)(H,24,26)/t15-,16-/m1/s1. The SMILES string of the molecule is COc1c(F)cc(NC(=O)[C@H]2CS[C@H](Cc3ccccc3F)C(=O)N2)cc1F. The smallest absolute Gasteiger partial charge is 0.247 e. The number of hydrogen-bond acceptors (Lipinski definition) is 4. The lowest BCUT2D eigenvalue weighted by molar-refractivity contribution is -0.126. The van der Waals surface area contributed by atoms with Gasteiger partial charge < -0.3 is 15.4 Å². The molecule has 0 saturated carbocycles. The first-order valence-corrected chi connectivity index (χ1v) is 9.43. The maximum Gasteiger partial charge on any atom is 0.247 e. The van der Waals surface area contributed by atoms with Crippen molar-refractivity contribution in [3.63, 3.8) is 0 Å². The first-order chi connectivity index (χ1) is 13.4. The van der Waals surface area contributed by atoms with Crippen molar-refractivity contribution in [2.24, 2.45) is 0 Å². The van der Waals surface area contributed by atoms with Crippen LogP contribution in [0.15, 0.2) is 36.4 Å². The van der Waals surface area contributed by atoms with Gasteiger partial charge in [-0.15, -0.1) is 11.8 Å². The highest BCUT2D eigenvalue weighted by atomic mass is 32.2. The van der Waals surface area contributed by atoms with E-state index < -0.39 is 40.5 Å². The zero-order valence-electron chi connectivity index (χ0n) is 14.8. The van der Waals surface area contributed by atoms with Crippen LogP contribution in [0.1, 0.15) is 5.56 Å².